The third kappa shape index (κ3) is 3.21. The summed E-state index contributed by atoms with van der Waals surface area (Å²) in [6.07, 6.45) is -2.81. The maximum absolute atomic E-state index is 13.1. The lowest BCUT2D eigenvalue weighted by Gasteiger charge is -2.23. The van der Waals surface area contributed by atoms with Gasteiger partial charge in [-0.15, -0.1) is 0 Å². The number of rotatable bonds is 3. The Morgan fingerprint density at radius 1 is 1.18 bits per heavy atom. The van der Waals surface area contributed by atoms with Gasteiger partial charge in [-0.05, 0) is 35.9 Å². The second-order valence-corrected chi connectivity index (χ2v) is 6.47. The molecule has 1 aliphatic rings. The first-order valence-electron chi connectivity index (χ1n) is 8.55. The zero-order chi connectivity index (χ0) is 19.9. The smallest absolute Gasteiger partial charge is 0.416 e. The molecule has 1 aromatic heterocycles. The van der Waals surface area contributed by atoms with E-state index in [1.54, 1.807) is 25.3 Å². The van der Waals surface area contributed by atoms with Gasteiger partial charge in [0, 0.05) is 18.0 Å². The molecule has 8 heteroatoms. The van der Waals surface area contributed by atoms with Gasteiger partial charge in [0.25, 0.3) is 0 Å². The minimum atomic E-state index is -4.45. The number of fused-ring (bicyclic) bond motifs is 1. The Kier molecular flexibility index (Phi) is 4.33. The first-order chi connectivity index (χ1) is 13.4. The lowest BCUT2D eigenvalue weighted by Crippen LogP contribution is -2.25. The molecule has 1 aliphatic heterocycles. The lowest BCUT2D eigenvalue weighted by molar-refractivity contribution is -0.137. The minimum absolute atomic E-state index is 0.207. The van der Waals surface area contributed by atoms with Crippen molar-refractivity contribution in [3.05, 3.63) is 71.7 Å². The van der Waals surface area contributed by atoms with Crippen molar-refractivity contribution in [2.24, 2.45) is 0 Å². The van der Waals surface area contributed by atoms with Crippen LogP contribution < -0.4 is 10.1 Å². The molecule has 28 heavy (non-hydrogen) atoms. The van der Waals surface area contributed by atoms with Gasteiger partial charge in [0.2, 0.25) is 5.91 Å². The van der Waals surface area contributed by atoms with Crippen molar-refractivity contribution in [2.75, 3.05) is 12.4 Å². The van der Waals surface area contributed by atoms with E-state index in [4.69, 9.17) is 4.74 Å². The minimum Gasteiger partial charge on any atom is -0.497 e. The van der Waals surface area contributed by atoms with Crippen molar-refractivity contribution in [1.82, 2.24) is 9.55 Å². The summed E-state index contributed by atoms with van der Waals surface area (Å²) in [4.78, 5) is 16.7. The number of alkyl halides is 3. The highest BCUT2D eigenvalue weighted by atomic mass is 19.4. The molecule has 0 unspecified atom stereocenters. The van der Waals surface area contributed by atoms with Gasteiger partial charge in [-0.2, -0.15) is 13.2 Å². The van der Waals surface area contributed by atoms with Gasteiger partial charge in [0.05, 0.1) is 18.4 Å². The number of amides is 1. The van der Waals surface area contributed by atoms with E-state index in [-0.39, 0.29) is 23.9 Å². The van der Waals surface area contributed by atoms with Crippen LogP contribution in [0.15, 0.2) is 54.9 Å². The van der Waals surface area contributed by atoms with Gasteiger partial charge in [0.15, 0.2) is 0 Å². The number of hydrogen-bond acceptors (Lipinski definition) is 3. The van der Waals surface area contributed by atoms with Crippen molar-refractivity contribution in [1.29, 1.82) is 0 Å². The summed E-state index contributed by atoms with van der Waals surface area (Å²) < 4.78 is 45.8. The number of aromatic nitrogens is 2. The Labute approximate surface area is 158 Å². The number of carbonyl (C=O) groups is 1. The van der Waals surface area contributed by atoms with Crippen LogP contribution in [-0.4, -0.2) is 22.6 Å². The zero-order valence-electron chi connectivity index (χ0n) is 14.8. The first-order valence-corrected chi connectivity index (χ1v) is 8.55. The Hall–Kier alpha value is -3.29. The summed E-state index contributed by atoms with van der Waals surface area (Å²) in [5, 5.41) is 2.74. The quantitative estimate of drug-likeness (QED) is 0.726. The van der Waals surface area contributed by atoms with E-state index in [2.05, 4.69) is 10.3 Å². The topological polar surface area (TPSA) is 56.1 Å². The zero-order valence-corrected chi connectivity index (χ0v) is 14.8. The predicted octanol–water partition coefficient (Wildman–Crippen LogP) is 4.37. The number of methoxy groups -OCH3 is 1. The van der Waals surface area contributed by atoms with Gasteiger partial charge in [-0.3, -0.25) is 9.36 Å². The molecule has 0 bridgehead atoms. The average Bonchev–Trinajstić information content (AvgIpc) is 3.10. The molecule has 5 nitrogen and oxygen atoms in total. The molecule has 0 fully saturated rings. The number of ether oxygens (including phenoxy) is 1. The molecule has 0 aliphatic carbocycles. The van der Waals surface area contributed by atoms with E-state index in [0.717, 1.165) is 17.7 Å². The highest BCUT2D eigenvalue weighted by Gasteiger charge is 2.33. The summed E-state index contributed by atoms with van der Waals surface area (Å²) in [6, 6.07) is 12.2. The molecular formula is C20H16F3N3O2. The van der Waals surface area contributed by atoms with Crippen LogP contribution in [0.1, 0.15) is 29.2 Å². The standard InChI is InChI=1S/C20H16F3N3O2/c1-28-15-7-5-12(6-8-15)16-10-17(27)25-19-18(16)24-11-26(19)14-4-2-3-13(9-14)20(21,22)23/h2-9,11,16H,10H2,1H3,(H,25,27)/t16-/m0/s1. The van der Waals surface area contributed by atoms with Gasteiger partial charge in [-0.25, -0.2) is 4.98 Å². The number of imidazole rings is 1. The van der Waals surface area contributed by atoms with Crippen molar-refractivity contribution >= 4 is 11.7 Å². The number of nitrogens with one attached hydrogen (secondary N) is 1. The maximum Gasteiger partial charge on any atom is 0.416 e. The van der Waals surface area contributed by atoms with Crippen LogP contribution in [0.5, 0.6) is 5.75 Å². The fourth-order valence-electron chi connectivity index (χ4n) is 3.35. The van der Waals surface area contributed by atoms with Crippen LogP contribution in [0.4, 0.5) is 19.0 Å². The number of carbonyl (C=O) groups excluding carboxylic acids is 1. The Balaban J connectivity index is 1.77. The third-order valence-corrected chi connectivity index (χ3v) is 4.74. The van der Waals surface area contributed by atoms with Crippen LogP contribution in [0.2, 0.25) is 0 Å². The maximum atomic E-state index is 13.1. The van der Waals surface area contributed by atoms with Gasteiger partial charge < -0.3 is 10.1 Å². The highest BCUT2D eigenvalue weighted by Crippen LogP contribution is 2.38. The number of benzene rings is 2. The molecule has 0 saturated carbocycles. The molecule has 1 amide bonds. The largest absolute Gasteiger partial charge is 0.497 e. The molecule has 1 atom stereocenters. The lowest BCUT2D eigenvalue weighted by atomic mass is 9.90. The summed E-state index contributed by atoms with van der Waals surface area (Å²) in [6.45, 7) is 0. The molecule has 2 heterocycles. The fraction of sp³-hybridized carbons (Fsp3) is 0.200. The second kappa shape index (κ2) is 6.70. The van der Waals surface area contributed by atoms with E-state index in [1.165, 1.54) is 17.0 Å². The summed E-state index contributed by atoms with van der Waals surface area (Å²) in [7, 11) is 1.57. The van der Waals surface area contributed by atoms with Crippen molar-refractivity contribution in [2.45, 2.75) is 18.5 Å². The van der Waals surface area contributed by atoms with Gasteiger partial charge in [0.1, 0.15) is 17.9 Å². The summed E-state index contributed by atoms with van der Waals surface area (Å²) in [5.74, 6) is 0.568. The van der Waals surface area contributed by atoms with E-state index in [1.807, 2.05) is 12.1 Å². The summed E-state index contributed by atoms with van der Waals surface area (Å²) in [5.41, 5.74) is 1.01. The second-order valence-electron chi connectivity index (χ2n) is 6.47. The molecule has 144 valence electrons. The van der Waals surface area contributed by atoms with Crippen LogP contribution in [0.3, 0.4) is 0 Å². The third-order valence-electron chi connectivity index (χ3n) is 4.74. The Morgan fingerprint density at radius 2 is 1.93 bits per heavy atom. The highest BCUT2D eigenvalue weighted by molar-refractivity contribution is 5.94. The van der Waals surface area contributed by atoms with Crippen LogP contribution in [0.25, 0.3) is 5.69 Å². The Bertz CT molecular complexity index is 1030. The Morgan fingerprint density at radius 3 is 2.61 bits per heavy atom. The van der Waals surface area contributed by atoms with Crippen molar-refractivity contribution in [3.63, 3.8) is 0 Å². The molecule has 0 saturated heterocycles. The number of nitrogens with zero attached hydrogens (tertiary/aromatic N) is 2. The predicted molar refractivity (Wildman–Crippen MR) is 96.6 cm³/mol. The number of anilines is 1. The SMILES string of the molecule is COc1ccc([C@@H]2CC(=O)Nc3c2ncn3-c2cccc(C(F)(F)F)c2)cc1. The molecule has 3 aromatic rings. The van der Waals surface area contributed by atoms with E-state index < -0.39 is 11.7 Å². The van der Waals surface area contributed by atoms with Gasteiger partial charge in [-0.1, -0.05) is 18.2 Å². The normalized spacial score (nSPS) is 16.4. The first kappa shape index (κ1) is 18.1. The van der Waals surface area contributed by atoms with Crippen molar-refractivity contribution in [3.8, 4) is 11.4 Å². The van der Waals surface area contributed by atoms with Crippen LogP contribution >= 0.6 is 0 Å². The number of hydrogen-bond donors (Lipinski definition) is 1. The molecule has 2 aromatic carbocycles. The van der Waals surface area contributed by atoms with Crippen molar-refractivity contribution < 1.29 is 22.7 Å². The molecule has 4 rings (SSSR count). The number of halogens is 3. The van der Waals surface area contributed by atoms with Gasteiger partial charge >= 0.3 is 6.18 Å². The molecular weight excluding hydrogens is 371 g/mol. The molecule has 0 spiro atoms. The van der Waals surface area contributed by atoms with E-state index in [9.17, 15) is 18.0 Å². The van der Waals surface area contributed by atoms with Crippen LogP contribution in [0, 0.1) is 0 Å². The fourth-order valence-corrected chi connectivity index (χ4v) is 3.35. The average molecular weight is 387 g/mol. The van der Waals surface area contributed by atoms with Crippen LogP contribution in [-0.2, 0) is 11.0 Å². The molecule has 0 radical (unpaired) electrons. The molecule has 1 N–H and O–H groups in total. The van der Waals surface area contributed by atoms with E-state index >= 15 is 0 Å². The van der Waals surface area contributed by atoms with E-state index in [0.29, 0.717) is 17.3 Å². The monoisotopic (exact) mass is 387 g/mol. The summed E-state index contributed by atoms with van der Waals surface area (Å²) >= 11 is 0.